The number of benzene rings is 1. The number of rotatable bonds is 7. The van der Waals surface area contributed by atoms with Crippen LogP contribution in [0, 0.1) is 11.5 Å². The largest absolute Gasteiger partial charge is 0.351 e. The molecule has 0 fully saturated rings. The summed E-state index contributed by atoms with van der Waals surface area (Å²) in [6, 6.07) is 10.0. The van der Waals surface area contributed by atoms with Crippen LogP contribution in [-0.2, 0) is 22.9 Å². The predicted octanol–water partition coefficient (Wildman–Crippen LogP) is 2.56. The molecule has 2 N–H and O–H groups in total. The van der Waals surface area contributed by atoms with Crippen molar-refractivity contribution in [1.29, 1.82) is 5.26 Å². The Hall–Kier alpha value is -3.71. The lowest BCUT2D eigenvalue weighted by atomic mass is 10.2. The van der Waals surface area contributed by atoms with E-state index in [1.54, 1.807) is 65.9 Å². The van der Waals surface area contributed by atoms with Crippen molar-refractivity contribution < 1.29 is 8.42 Å². The monoisotopic (exact) mass is 423 g/mol. The van der Waals surface area contributed by atoms with E-state index in [0.717, 1.165) is 17.7 Å². The maximum Gasteiger partial charge on any atom is 0.212 e. The molecule has 0 unspecified atom stereocenters. The summed E-state index contributed by atoms with van der Waals surface area (Å²) in [7, 11) is -3.62. The van der Waals surface area contributed by atoms with E-state index in [1.807, 2.05) is 6.92 Å². The van der Waals surface area contributed by atoms with Crippen LogP contribution in [0.25, 0.3) is 0 Å². The molecule has 2 aromatic heterocycles. The SMILES string of the molecule is CCCn1cc(S(=O)(=O)c2ccc(CN/C(=N\C#N)Nc3ccncc3)cc2)cn1. The van der Waals surface area contributed by atoms with Crippen molar-refractivity contribution in [2.75, 3.05) is 5.32 Å². The zero-order chi connectivity index (χ0) is 21.4. The van der Waals surface area contributed by atoms with Crippen molar-refractivity contribution in [3.05, 3.63) is 66.7 Å². The maximum absolute atomic E-state index is 12.8. The van der Waals surface area contributed by atoms with E-state index in [1.165, 1.54) is 6.20 Å². The van der Waals surface area contributed by atoms with Gasteiger partial charge < -0.3 is 10.6 Å². The van der Waals surface area contributed by atoms with Gasteiger partial charge in [-0.15, -0.1) is 4.99 Å². The van der Waals surface area contributed by atoms with Crippen LogP contribution < -0.4 is 10.6 Å². The van der Waals surface area contributed by atoms with E-state index in [9.17, 15) is 8.42 Å². The molecule has 0 saturated heterocycles. The molecule has 3 rings (SSSR count). The zero-order valence-corrected chi connectivity index (χ0v) is 17.2. The number of aliphatic imine (C=N–C) groups is 1. The van der Waals surface area contributed by atoms with Crippen molar-refractivity contribution in [3.63, 3.8) is 0 Å². The third-order valence-electron chi connectivity index (χ3n) is 4.17. The van der Waals surface area contributed by atoms with Crippen molar-refractivity contribution >= 4 is 21.5 Å². The minimum atomic E-state index is -3.62. The number of aromatic nitrogens is 3. The summed E-state index contributed by atoms with van der Waals surface area (Å²) in [6.07, 6.45) is 8.77. The van der Waals surface area contributed by atoms with E-state index in [0.29, 0.717) is 13.1 Å². The molecule has 0 aliphatic rings. The fourth-order valence-electron chi connectivity index (χ4n) is 2.68. The second-order valence-electron chi connectivity index (χ2n) is 6.36. The molecule has 30 heavy (non-hydrogen) atoms. The van der Waals surface area contributed by atoms with Gasteiger partial charge in [-0.25, -0.2) is 8.42 Å². The minimum Gasteiger partial charge on any atom is -0.351 e. The molecule has 0 radical (unpaired) electrons. The first-order valence-electron chi connectivity index (χ1n) is 9.27. The molecular formula is C20H21N7O2S. The van der Waals surface area contributed by atoms with Gasteiger partial charge in [0.15, 0.2) is 0 Å². The van der Waals surface area contributed by atoms with Crippen molar-refractivity contribution in [2.45, 2.75) is 36.2 Å². The minimum absolute atomic E-state index is 0.173. The summed E-state index contributed by atoms with van der Waals surface area (Å²) in [5, 5.41) is 19.0. The van der Waals surface area contributed by atoms with Gasteiger partial charge in [0.2, 0.25) is 22.0 Å². The highest BCUT2D eigenvalue weighted by Crippen LogP contribution is 2.20. The second-order valence-corrected chi connectivity index (χ2v) is 8.31. The number of hydrogen-bond donors (Lipinski definition) is 2. The summed E-state index contributed by atoms with van der Waals surface area (Å²) in [5.74, 6) is 0.281. The molecule has 2 heterocycles. The Balaban J connectivity index is 1.67. The van der Waals surface area contributed by atoms with Crippen molar-refractivity contribution in [3.8, 4) is 6.19 Å². The van der Waals surface area contributed by atoms with Gasteiger partial charge in [0, 0.05) is 37.4 Å². The molecule has 0 aliphatic heterocycles. The Morgan fingerprint density at radius 2 is 1.90 bits per heavy atom. The lowest BCUT2D eigenvalue weighted by molar-refractivity contribution is 0.591. The van der Waals surface area contributed by atoms with Crippen LogP contribution in [-0.4, -0.2) is 29.1 Å². The number of aryl methyl sites for hydroxylation is 1. The number of hydrogen-bond acceptors (Lipinski definition) is 6. The third kappa shape index (κ3) is 5.21. The van der Waals surface area contributed by atoms with Crippen LogP contribution in [0.2, 0.25) is 0 Å². The molecule has 0 bridgehead atoms. The van der Waals surface area contributed by atoms with Gasteiger partial charge in [0.25, 0.3) is 0 Å². The average molecular weight is 424 g/mol. The highest BCUT2D eigenvalue weighted by Gasteiger charge is 2.19. The smallest absolute Gasteiger partial charge is 0.212 e. The summed E-state index contributed by atoms with van der Waals surface area (Å²) in [4.78, 5) is 8.03. The molecule has 0 aliphatic carbocycles. The summed E-state index contributed by atoms with van der Waals surface area (Å²) in [6.45, 7) is 3.02. The van der Waals surface area contributed by atoms with Gasteiger partial charge in [0.1, 0.15) is 4.90 Å². The lowest BCUT2D eigenvalue weighted by Crippen LogP contribution is -2.30. The van der Waals surface area contributed by atoms with Crippen LogP contribution in [0.3, 0.4) is 0 Å². The fraction of sp³-hybridized carbons (Fsp3) is 0.200. The zero-order valence-electron chi connectivity index (χ0n) is 16.4. The standard InChI is InChI=1S/C20H21N7O2S/c1-2-11-27-14-19(13-25-27)30(28,29)18-5-3-16(4-6-18)12-23-20(24-15-21)26-17-7-9-22-10-8-17/h3-10,13-14H,2,11-12H2,1H3,(H2,22,23,24,26). The topological polar surface area (TPSA) is 125 Å². The normalized spacial score (nSPS) is 11.7. The molecule has 1 aromatic carbocycles. The van der Waals surface area contributed by atoms with E-state index >= 15 is 0 Å². The van der Waals surface area contributed by atoms with E-state index in [4.69, 9.17) is 5.26 Å². The first kappa shape index (κ1) is 21.0. The summed E-state index contributed by atoms with van der Waals surface area (Å²) < 4.78 is 27.2. The van der Waals surface area contributed by atoms with Gasteiger partial charge in [0.05, 0.1) is 11.1 Å². The molecule has 154 valence electrons. The fourth-order valence-corrected chi connectivity index (χ4v) is 3.89. The highest BCUT2D eigenvalue weighted by molar-refractivity contribution is 7.91. The molecule has 0 spiro atoms. The average Bonchev–Trinajstić information content (AvgIpc) is 3.23. The Morgan fingerprint density at radius 1 is 1.17 bits per heavy atom. The number of nitriles is 1. The number of anilines is 1. The van der Waals surface area contributed by atoms with Crippen LogP contribution in [0.1, 0.15) is 18.9 Å². The highest BCUT2D eigenvalue weighted by atomic mass is 32.2. The van der Waals surface area contributed by atoms with Crippen LogP contribution in [0.4, 0.5) is 5.69 Å². The van der Waals surface area contributed by atoms with Gasteiger partial charge in [-0.1, -0.05) is 19.1 Å². The number of pyridine rings is 1. The van der Waals surface area contributed by atoms with E-state index in [-0.39, 0.29) is 15.8 Å². The Kier molecular flexibility index (Phi) is 6.77. The molecule has 0 saturated carbocycles. The number of guanidine groups is 1. The molecule has 3 aromatic rings. The molecule has 0 amide bonds. The van der Waals surface area contributed by atoms with Crippen LogP contribution >= 0.6 is 0 Å². The predicted molar refractivity (Wildman–Crippen MR) is 112 cm³/mol. The van der Waals surface area contributed by atoms with E-state index < -0.39 is 9.84 Å². The van der Waals surface area contributed by atoms with Gasteiger partial charge in [-0.05, 0) is 36.2 Å². The van der Waals surface area contributed by atoms with Gasteiger partial charge in [-0.2, -0.15) is 10.4 Å². The Morgan fingerprint density at radius 3 is 2.57 bits per heavy atom. The second kappa shape index (κ2) is 9.67. The third-order valence-corrected chi connectivity index (χ3v) is 5.90. The van der Waals surface area contributed by atoms with E-state index in [2.05, 4.69) is 25.7 Å². The molecule has 9 nitrogen and oxygen atoms in total. The Bertz CT molecular complexity index is 1150. The van der Waals surface area contributed by atoms with Crippen molar-refractivity contribution in [1.82, 2.24) is 20.1 Å². The van der Waals surface area contributed by atoms with Gasteiger partial charge >= 0.3 is 0 Å². The summed E-state index contributed by atoms with van der Waals surface area (Å²) in [5.41, 5.74) is 1.56. The molecule has 10 heteroatoms. The maximum atomic E-state index is 12.8. The number of sulfone groups is 1. The number of nitrogens with one attached hydrogen (secondary N) is 2. The van der Waals surface area contributed by atoms with Crippen molar-refractivity contribution in [2.24, 2.45) is 4.99 Å². The van der Waals surface area contributed by atoms with Crippen LogP contribution in [0.15, 0.2) is 76.0 Å². The molecule has 0 atom stereocenters. The lowest BCUT2D eigenvalue weighted by Gasteiger charge is -2.11. The number of nitrogens with zero attached hydrogens (tertiary/aromatic N) is 5. The first-order valence-corrected chi connectivity index (χ1v) is 10.8. The first-order chi connectivity index (χ1) is 14.5. The Labute approximate surface area is 175 Å². The quantitative estimate of drug-likeness (QED) is 0.340. The van der Waals surface area contributed by atoms with Crippen LogP contribution in [0.5, 0.6) is 0 Å². The molecular weight excluding hydrogens is 402 g/mol. The summed E-state index contributed by atoms with van der Waals surface area (Å²) >= 11 is 0. The van der Waals surface area contributed by atoms with Gasteiger partial charge in [-0.3, -0.25) is 9.67 Å².